The molecule has 1 aliphatic heterocycles. The van der Waals surface area contributed by atoms with E-state index in [0.29, 0.717) is 53.5 Å². The Balaban J connectivity index is 1.53. The van der Waals surface area contributed by atoms with Crippen molar-refractivity contribution in [3.05, 3.63) is 58.9 Å². The zero-order valence-corrected chi connectivity index (χ0v) is 18.4. The van der Waals surface area contributed by atoms with E-state index in [-0.39, 0.29) is 5.91 Å². The molecule has 7 nitrogen and oxygen atoms in total. The van der Waals surface area contributed by atoms with Crippen molar-refractivity contribution in [3.63, 3.8) is 0 Å². The standard InChI is InChI=1S/C22H21ClF3N5O2/c1-13(20(27)32)31-12-17(16-4-3-15(23)10-18(16)31)21(33)30-8-6-29(7-9-30)19-5-2-14(11-28-19)22(24,25)26/h2-5,10-13H,6-9H2,1H3,(H2,27,32). The Morgan fingerprint density at radius 2 is 1.82 bits per heavy atom. The van der Waals surface area contributed by atoms with Crippen LogP contribution in [-0.4, -0.2) is 52.4 Å². The van der Waals surface area contributed by atoms with Crippen molar-refractivity contribution in [2.24, 2.45) is 5.73 Å². The lowest BCUT2D eigenvalue weighted by molar-refractivity contribution is -0.137. The molecule has 1 unspecified atom stereocenters. The van der Waals surface area contributed by atoms with Crippen molar-refractivity contribution in [3.8, 4) is 0 Å². The van der Waals surface area contributed by atoms with Gasteiger partial charge in [0.15, 0.2) is 0 Å². The van der Waals surface area contributed by atoms with Gasteiger partial charge in [0.05, 0.1) is 16.6 Å². The van der Waals surface area contributed by atoms with E-state index in [1.165, 1.54) is 6.07 Å². The molecule has 1 saturated heterocycles. The number of hydrogen-bond acceptors (Lipinski definition) is 4. The molecule has 1 aromatic carbocycles. The Morgan fingerprint density at radius 1 is 1.12 bits per heavy atom. The summed E-state index contributed by atoms with van der Waals surface area (Å²) < 4.78 is 39.9. The summed E-state index contributed by atoms with van der Waals surface area (Å²) in [5.41, 5.74) is 5.72. The molecule has 11 heteroatoms. The lowest BCUT2D eigenvalue weighted by atomic mass is 10.1. The Kier molecular flexibility index (Phi) is 5.96. The van der Waals surface area contributed by atoms with Crippen LogP contribution in [0.5, 0.6) is 0 Å². The number of aromatic nitrogens is 2. The number of nitrogens with zero attached hydrogens (tertiary/aromatic N) is 4. The number of nitrogens with two attached hydrogens (primary N) is 1. The lowest BCUT2D eigenvalue weighted by Gasteiger charge is -2.35. The van der Waals surface area contributed by atoms with Gasteiger partial charge in [0.25, 0.3) is 5.91 Å². The number of benzene rings is 1. The number of halogens is 4. The van der Waals surface area contributed by atoms with E-state index in [1.807, 2.05) is 4.90 Å². The van der Waals surface area contributed by atoms with E-state index in [4.69, 9.17) is 17.3 Å². The highest BCUT2D eigenvalue weighted by molar-refractivity contribution is 6.31. The summed E-state index contributed by atoms with van der Waals surface area (Å²) in [6, 6.07) is 6.76. The van der Waals surface area contributed by atoms with Crippen LogP contribution in [0.1, 0.15) is 28.9 Å². The minimum atomic E-state index is -4.44. The van der Waals surface area contributed by atoms with Crippen LogP contribution in [0, 0.1) is 0 Å². The van der Waals surface area contributed by atoms with Gasteiger partial charge in [-0.25, -0.2) is 4.98 Å². The van der Waals surface area contributed by atoms with Crippen molar-refractivity contribution >= 4 is 40.1 Å². The van der Waals surface area contributed by atoms with Gasteiger partial charge in [0.2, 0.25) is 5.91 Å². The summed E-state index contributed by atoms with van der Waals surface area (Å²) in [5.74, 6) is -0.321. The first-order valence-corrected chi connectivity index (χ1v) is 10.6. The van der Waals surface area contributed by atoms with Gasteiger partial charge in [0.1, 0.15) is 11.9 Å². The maximum absolute atomic E-state index is 13.3. The summed E-state index contributed by atoms with van der Waals surface area (Å²) in [5, 5.41) is 1.12. The highest BCUT2D eigenvalue weighted by atomic mass is 35.5. The fourth-order valence-electron chi connectivity index (χ4n) is 3.90. The third kappa shape index (κ3) is 4.47. The van der Waals surface area contributed by atoms with Gasteiger partial charge in [-0.2, -0.15) is 13.2 Å². The van der Waals surface area contributed by atoms with Crippen LogP contribution in [0.15, 0.2) is 42.7 Å². The second-order valence-electron chi connectivity index (χ2n) is 7.87. The van der Waals surface area contributed by atoms with E-state index < -0.39 is 23.7 Å². The quantitative estimate of drug-likeness (QED) is 0.618. The van der Waals surface area contributed by atoms with Crippen LogP contribution in [0.4, 0.5) is 19.0 Å². The van der Waals surface area contributed by atoms with E-state index in [1.54, 1.807) is 40.8 Å². The Hall–Kier alpha value is -3.27. The Labute approximate surface area is 192 Å². The molecule has 33 heavy (non-hydrogen) atoms. The van der Waals surface area contributed by atoms with E-state index in [9.17, 15) is 22.8 Å². The molecule has 0 bridgehead atoms. The minimum absolute atomic E-state index is 0.210. The predicted octanol–water partition coefficient (Wildman–Crippen LogP) is 3.72. The van der Waals surface area contributed by atoms with Crippen LogP contribution in [0.25, 0.3) is 10.9 Å². The van der Waals surface area contributed by atoms with Crippen LogP contribution in [-0.2, 0) is 11.0 Å². The second-order valence-corrected chi connectivity index (χ2v) is 8.31. The number of carbonyl (C=O) groups is 2. The van der Waals surface area contributed by atoms with Crippen molar-refractivity contribution in [1.82, 2.24) is 14.5 Å². The number of piperazine rings is 1. The molecule has 1 aliphatic rings. The number of amides is 2. The lowest BCUT2D eigenvalue weighted by Crippen LogP contribution is -2.49. The summed E-state index contributed by atoms with van der Waals surface area (Å²) in [6.45, 7) is 3.23. The van der Waals surface area contributed by atoms with Gasteiger partial charge in [-0.1, -0.05) is 17.7 Å². The van der Waals surface area contributed by atoms with Crippen LogP contribution >= 0.6 is 11.6 Å². The molecule has 1 atom stereocenters. The molecular weight excluding hydrogens is 459 g/mol. The first-order chi connectivity index (χ1) is 15.6. The second kappa shape index (κ2) is 8.58. The molecule has 2 N–H and O–H groups in total. The maximum atomic E-state index is 13.3. The van der Waals surface area contributed by atoms with Gasteiger partial charge in [-0.05, 0) is 31.2 Å². The summed E-state index contributed by atoms with van der Waals surface area (Å²) in [4.78, 5) is 32.5. The number of primary amides is 1. The SMILES string of the molecule is CC(C(N)=O)n1cc(C(=O)N2CCN(c3ccc(C(F)(F)F)cn3)CC2)c2ccc(Cl)cc21. The smallest absolute Gasteiger partial charge is 0.368 e. The first-order valence-electron chi connectivity index (χ1n) is 10.2. The van der Waals surface area contributed by atoms with Gasteiger partial charge in [0, 0.05) is 49.0 Å². The van der Waals surface area contributed by atoms with Crippen LogP contribution in [0.3, 0.4) is 0 Å². The minimum Gasteiger partial charge on any atom is -0.368 e. The average molecular weight is 480 g/mol. The van der Waals surface area contributed by atoms with Crippen molar-refractivity contribution in [2.75, 3.05) is 31.1 Å². The van der Waals surface area contributed by atoms with Crippen molar-refractivity contribution in [1.29, 1.82) is 0 Å². The number of rotatable bonds is 4. The van der Waals surface area contributed by atoms with Gasteiger partial charge in [-0.3, -0.25) is 9.59 Å². The van der Waals surface area contributed by atoms with E-state index >= 15 is 0 Å². The molecule has 0 spiro atoms. The normalized spacial score (nSPS) is 15.7. The fourth-order valence-corrected chi connectivity index (χ4v) is 4.07. The number of alkyl halides is 3. The summed E-state index contributed by atoms with van der Waals surface area (Å²) >= 11 is 6.12. The molecule has 174 valence electrons. The highest BCUT2D eigenvalue weighted by Gasteiger charge is 2.31. The molecule has 3 aromatic rings. The number of pyridine rings is 1. The Morgan fingerprint density at radius 3 is 2.39 bits per heavy atom. The number of anilines is 1. The third-order valence-electron chi connectivity index (χ3n) is 5.82. The predicted molar refractivity (Wildman–Crippen MR) is 118 cm³/mol. The maximum Gasteiger partial charge on any atom is 0.417 e. The number of hydrogen-bond donors (Lipinski definition) is 1. The molecule has 4 rings (SSSR count). The molecule has 3 heterocycles. The molecule has 0 aliphatic carbocycles. The van der Waals surface area contributed by atoms with Gasteiger partial charge in [-0.15, -0.1) is 0 Å². The van der Waals surface area contributed by atoms with Gasteiger partial charge < -0.3 is 20.1 Å². The average Bonchev–Trinajstić information content (AvgIpc) is 3.16. The largest absolute Gasteiger partial charge is 0.417 e. The number of fused-ring (bicyclic) bond motifs is 1. The monoisotopic (exact) mass is 479 g/mol. The van der Waals surface area contributed by atoms with Gasteiger partial charge >= 0.3 is 6.18 Å². The number of carbonyl (C=O) groups excluding carboxylic acids is 2. The Bertz CT molecular complexity index is 1200. The van der Waals surface area contributed by atoms with E-state index in [0.717, 1.165) is 12.3 Å². The molecule has 0 saturated carbocycles. The third-order valence-corrected chi connectivity index (χ3v) is 6.06. The summed E-state index contributed by atoms with van der Waals surface area (Å²) in [7, 11) is 0. The fraction of sp³-hybridized carbons (Fsp3) is 0.318. The first kappa shape index (κ1) is 22.9. The van der Waals surface area contributed by atoms with Crippen LogP contribution < -0.4 is 10.6 Å². The zero-order chi connectivity index (χ0) is 23.9. The molecule has 1 fully saturated rings. The van der Waals surface area contributed by atoms with Crippen LogP contribution in [0.2, 0.25) is 5.02 Å². The summed E-state index contributed by atoms with van der Waals surface area (Å²) in [6.07, 6.45) is -2.01. The molecular formula is C22H21ClF3N5O2. The highest BCUT2D eigenvalue weighted by Crippen LogP contribution is 2.31. The van der Waals surface area contributed by atoms with Crippen molar-refractivity contribution in [2.45, 2.75) is 19.1 Å². The molecule has 2 aromatic heterocycles. The van der Waals surface area contributed by atoms with Crippen molar-refractivity contribution < 1.29 is 22.8 Å². The zero-order valence-electron chi connectivity index (χ0n) is 17.6. The topological polar surface area (TPSA) is 84.5 Å². The molecule has 0 radical (unpaired) electrons. The molecule has 2 amide bonds. The van der Waals surface area contributed by atoms with E-state index in [2.05, 4.69) is 4.98 Å².